The quantitative estimate of drug-likeness (QED) is 0.634. The van der Waals surface area contributed by atoms with E-state index in [0.717, 1.165) is 6.07 Å². The van der Waals surface area contributed by atoms with Gasteiger partial charge in [0.1, 0.15) is 5.82 Å². The molecule has 1 aromatic heterocycles. The first-order valence-electron chi connectivity index (χ1n) is 2.69. The van der Waals surface area contributed by atoms with Crippen LogP contribution in [0.4, 0.5) is 14.6 Å². The Morgan fingerprint density at radius 1 is 1.45 bits per heavy atom. The zero-order valence-electron chi connectivity index (χ0n) is 5.36. The van der Waals surface area contributed by atoms with Gasteiger partial charge >= 0.3 is 0 Å². The van der Waals surface area contributed by atoms with E-state index in [1.165, 1.54) is 6.92 Å². The summed E-state index contributed by atoms with van der Waals surface area (Å²) >= 11 is 0. The normalized spacial score (nSPS) is 9.00. The van der Waals surface area contributed by atoms with E-state index in [-0.39, 0.29) is 20.4 Å². The van der Waals surface area contributed by atoms with Crippen LogP contribution in [0.1, 0.15) is 14.5 Å². The van der Waals surface area contributed by atoms with Crippen molar-refractivity contribution in [3.63, 3.8) is 0 Å². The number of anilines is 1. The Labute approximate surface area is 65.5 Å². The van der Waals surface area contributed by atoms with Gasteiger partial charge in [-0.3, -0.25) is 0 Å². The van der Waals surface area contributed by atoms with E-state index in [1.807, 2.05) is 0 Å². The number of hydrogen-bond donors (Lipinski definition) is 1. The highest BCUT2D eigenvalue weighted by molar-refractivity contribution is 5.31. The SMILES string of the molecule is C.Cc1nc(N)c(F)cc1F.[HH]. The fourth-order valence-corrected chi connectivity index (χ4v) is 0.577. The zero-order chi connectivity index (χ0) is 7.72. The Morgan fingerprint density at radius 2 is 2.00 bits per heavy atom. The predicted octanol–water partition coefficient (Wildman–Crippen LogP) is 2.13. The van der Waals surface area contributed by atoms with Crippen LogP contribution in [0.5, 0.6) is 0 Å². The van der Waals surface area contributed by atoms with Gasteiger partial charge in [-0.25, -0.2) is 13.8 Å². The van der Waals surface area contributed by atoms with Gasteiger partial charge in [-0.05, 0) is 6.92 Å². The first-order valence-corrected chi connectivity index (χ1v) is 2.69. The Morgan fingerprint density at radius 3 is 2.45 bits per heavy atom. The van der Waals surface area contributed by atoms with Gasteiger partial charge in [-0.1, -0.05) is 7.43 Å². The Hall–Kier alpha value is -1.19. The summed E-state index contributed by atoms with van der Waals surface area (Å²) in [6, 6.07) is 0.720. The lowest BCUT2D eigenvalue weighted by Gasteiger charge is -1.97. The average molecular weight is 162 g/mol. The molecule has 64 valence electrons. The Kier molecular flexibility index (Phi) is 2.92. The van der Waals surface area contributed by atoms with Crippen molar-refractivity contribution in [2.75, 3.05) is 5.73 Å². The number of nitrogens with zero attached hydrogens (tertiary/aromatic N) is 1. The monoisotopic (exact) mass is 162 g/mol. The molecule has 0 unspecified atom stereocenters. The predicted molar refractivity (Wildman–Crippen MR) is 42.1 cm³/mol. The summed E-state index contributed by atoms with van der Waals surface area (Å²) in [4.78, 5) is 3.40. The molecule has 0 amide bonds. The molecule has 0 aromatic carbocycles. The molecule has 0 saturated heterocycles. The van der Waals surface area contributed by atoms with Crippen molar-refractivity contribution >= 4 is 5.82 Å². The minimum atomic E-state index is -0.817. The fraction of sp³-hybridized carbons (Fsp3) is 0.286. The minimum absolute atomic E-state index is 0. The molecule has 0 bridgehead atoms. The molecule has 0 saturated carbocycles. The van der Waals surface area contributed by atoms with Gasteiger partial charge in [-0.15, -0.1) is 0 Å². The molecule has 11 heavy (non-hydrogen) atoms. The molecule has 1 rings (SSSR count). The van der Waals surface area contributed by atoms with E-state index in [1.54, 1.807) is 0 Å². The van der Waals surface area contributed by atoms with Crippen LogP contribution in [-0.4, -0.2) is 4.98 Å². The van der Waals surface area contributed by atoms with Gasteiger partial charge in [0.25, 0.3) is 0 Å². The maximum Gasteiger partial charge on any atom is 0.168 e. The second-order valence-corrected chi connectivity index (χ2v) is 1.92. The van der Waals surface area contributed by atoms with Crippen molar-refractivity contribution in [2.45, 2.75) is 14.4 Å². The van der Waals surface area contributed by atoms with Crippen LogP contribution in [0.25, 0.3) is 0 Å². The molecule has 0 aliphatic rings. The molecule has 4 heteroatoms. The summed E-state index contributed by atoms with van der Waals surface area (Å²) in [5.41, 5.74) is 5.15. The molecular formula is C7H12F2N2. The van der Waals surface area contributed by atoms with Crippen LogP contribution < -0.4 is 5.73 Å². The van der Waals surface area contributed by atoms with E-state index in [4.69, 9.17) is 5.73 Å². The van der Waals surface area contributed by atoms with Gasteiger partial charge < -0.3 is 5.73 Å². The van der Waals surface area contributed by atoms with Crippen LogP contribution in [0.2, 0.25) is 0 Å². The fourth-order valence-electron chi connectivity index (χ4n) is 0.577. The van der Waals surface area contributed by atoms with Crippen LogP contribution in [0, 0.1) is 18.6 Å². The number of rotatable bonds is 0. The molecule has 1 aromatic rings. The standard InChI is InChI=1S/C6H6F2N2.CH4.H2/c1-3-4(7)2-5(8)6(9)10-3;;/h2H,1H3,(H2,9,10);1H4;1H. The summed E-state index contributed by atoms with van der Waals surface area (Å²) in [6.45, 7) is 1.42. The van der Waals surface area contributed by atoms with E-state index in [0.29, 0.717) is 0 Å². The van der Waals surface area contributed by atoms with Gasteiger partial charge in [0.15, 0.2) is 11.6 Å². The van der Waals surface area contributed by atoms with Crippen LogP contribution >= 0.6 is 0 Å². The van der Waals surface area contributed by atoms with Gasteiger partial charge in [-0.2, -0.15) is 0 Å². The minimum Gasteiger partial charge on any atom is -0.381 e. The maximum absolute atomic E-state index is 12.4. The second kappa shape index (κ2) is 3.27. The summed E-state index contributed by atoms with van der Waals surface area (Å²) in [5.74, 6) is -1.76. The highest BCUT2D eigenvalue weighted by Gasteiger charge is 2.04. The van der Waals surface area contributed by atoms with E-state index < -0.39 is 11.6 Å². The van der Waals surface area contributed by atoms with Crippen LogP contribution in [-0.2, 0) is 0 Å². The van der Waals surface area contributed by atoms with Crippen molar-refractivity contribution in [3.05, 3.63) is 23.4 Å². The first kappa shape index (κ1) is 9.81. The van der Waals surface area contributed by atoms with Crippen molar-refractivity contribution in [2.24, 2.45) is 0 Å². The largest absolute Gasteiger partial charge is 0.381 e. The lowest BCUT2D eigenvalue weighted by molar-refractivity contribution is 0.569. The van der Waals surface area contributed by atoms with E-state index >= 15 is 0 Å². The summed E-state index contributed by atoms with van der Waals surface area (Å²) in [7, 11) is 0. The summed E-state index contributed by atoms with van der Waals surface area (Å²) in [5, 5.41) is 0. The van der Waals surface area contributed by atoms with Crippen molar-refractivity contribution in [1.82, 2.24) is 4.98 Å². The molecule has 2 nitrogen and oxygen atoms in total. The third-order valence-electron chi connectivity index (χ3n) is 1.13. The van der Waals surface area contributed by atoms with Crippen molar-refractivity contribution in [1.29, 1.82) is 0 Å². The Balaban J connectivity index is 0. The molecule has 1 heterocycles. The number of aryl methyl sites for hydroxylation is 1. The lowest BCUT2D eigenvalue weighted by Crippen LogP contribution is -1.98. The number of hydrogen-bond acceptors (Lipinski definition) is 2. The summed E-state index contributed by atoms with van der Waals surface area (Å²) in [6.07, 6.45) is 0. The summed E-state index contributed by atoms with van der Waals surface area (Å²) < 4.78 is 24.7. The molecule has 0 fully saturated rings. The smallest absolute Gasteiger partial charge is 0.168 e. The molecule has 0 aliphatic heterocycles. The molecule has 0 aliphatic carbocycles. The number of pyridine rings is 1. The van der Waals surface area contributed by atoms with Gasteiger partial charge in [0.05, 0.1) is 5.69 Å². The second-order valence-electron chi connectivity index (χ2n) is 1.92. The number of halogens is 2. The molecule has 0 spiro atoms. The van der Waals surface area contributed by atoms with E-state index in [9.17, 15) is 8.78 Å². The third kappa shape index (κ3) is 1.86. The van der Waals surface area contributed by atoms with Gasteiger partial charge in [0.2, 0.25) is 0 Å². The van der Waals surface area contributed by atoms with E-state index in [2.05, 4.69) is 4.98 Å². The number of nitrogens with two attached hydrogens (primary N) is 1. The van der Waals surface area contributed by atoms with Crippen LogP contribution in [0.15, 0.2) is 6.07 Å². The molecule has 0 atom stereocenters. The number of aromatic nitrogens is 1. The van der Waals surface area contributed by atoms with Crippen molar-refractivity contribution < 1.29 is 10.2 Å². The first-order chi connectivity index (χ1) is 4.61. The number of nitrogen functional groups attached to an aromatic ring is 1. The topological polar surface area (TPSA) is 38.9 Å². The lowest BCUT2D eigenvalue weighted by atomic mass is 10.3. The highest BCUT2D eigenvalue weighted by atomic mass is 19.1. The molecule has 0 radical (unpaired) electrons. The third-order valence-corrected chi connectivity index (χ3v) is 1.13. The Bertz CT molecular complexity index is 216. The van der Waals surface area contributed by atoms with Crippen molar-refractivity contribution in [3.8, 4) is 0 Å². The molecule has 2 N–H and O–H groups in total. The molecular weight excluding hydrogens is 150 g/mol. The average Bonchev–Trinajstić information content (AvgIpc) is 1.84. The maximum atomic E-state index is 12.4. The van der Waals surface area contributed by atoms with Crippen LogP contribution in [0.3, 0.4) is 0 Å². The van der Waals surface area contributed by atoms with Gasteiger partial charge in [0, 0.05) is 7.49 Å². The highest BCUT2D eigenvalue weighted by Crippen LogP contribution is 2.10. The zero-order valence-corrected chi connectivity index (χ0v) is 5.36.